The van der Waals surface area contributed by atoms with Crippen LogP contribution in [0.5, 0.6) is 0 Å². The van der Waals surface area contributed by atoms with Gasteiger partial charge in [-0.3, -0.25) is 4.55 Å². The minimum absolute atomic E-state index is 0.0666. The predicted molar refractivity (Wildman–Crippen MR) is 78.8 cm³/mol. The van der Waals surface area contributed by atoms with Crippen LogP contribution in [-0.2, 0) is 10.1 Å². The normalized spacial score (nSPS) is 11.7. The summed E-state index contributed by atoms with van der Waals surface area (Å²) in [5.74, 6) is 0. The molecule has 4 nitrogen and oxygen atoms in total. The summed E-state index contributed by atoms with van der Waals surface area (Å²) in [5.41, 5.74) is 0.956. The van der Waals surface area contributed by atoms with Crippen LogP contribution in [0, 0.1) is 6.92 Å². The van der Waals surface area contributed by atoms with Crippen molar-refractivity contribution in [3.63, 3.8) is 0 Å². The number of quaternary nitrogens is 1. The molecule has 0 saturated heterocycles. The fourth-order valence-electron chi connectivity index (χ4n) is 1.38. The van der Waals surface area contributed by atoms with Gasteiger partial charge in [-0.05, 0) is 39.8 Å². The van der Waals surface area contributed by atoms with E-state index in [1.165, 1.54) is 36.3 Å². The summed E-state index contributed by atoms with van der Waals surface area (Å²) < 4.78 is 30.8. The number of aryl methyl sites for hydroxylation is 1. The van der Waals surface area contributed by atoms with Crippen molar-refractivity contribution in [1.29, 1.82) is 0 Å². The number of rotatable bonds is 4. The molecule has 1 N–H and O–H groups in total. The predicted octanol–water partition coefficient (Wildman–Crippen LogP) is 2.73. The molecule has 1 aromatic rings. The fraction of sp³-hybridized carbons (Fsp3) is 0.571. The maximum atomic E-state index is 10.5. The molecule has 0 fully saturated rings. The first-order valence-electron chi connectivity index (χ1n) is 6.56. The van der Waals surface area contributed by atoms with E-state index in [9.17, 15) is 8.42 Å². The van der Waals surface area contributed by atoms with E-state index in [1.807, 2.05) is 6.92 Å². The monoisotopic (exact) mass is 288 g/mol. The summed E-state index contributed by atoms with van der Waals surface area (Å²) in [4.78, 5) is -0.0666. The summed E-state index contributed by atoms with van der Waals surface area (Å²) in [6, 6.07) is 5.99. The van der Waals surface area contributed by atoms with Gasteiger partial charge >= 0.3 is 0 Å². The van der Waals surface area contributed by atoms with Gasteiger partial charge in [0.25, 0.3) is 10.1 Å². The van der Waals surface area contributed by atoms with Crippen molar-refractivity contribution in [2.24, 2.45) is 0 Å². The van der Waals surface area contributed by atoms with Gasteiger partial charge < -0.3 is 4.48 Å². The maximum absolute atomic E-state index is 10.5. The molecule has 0 heterocycles. The second-order valence-electron chi connectivity index (χ2n) is 4.86. The Balaban J connectivity index is 0.000000362. The Morgan fingerprint density at radius 2 is 1.37 bits per heavy atom. The zero-order valence-corrected chi connectivity index (χ0v) is 13.4. The highest BCUT2D eigenvalue weighted by Crippen LogP contribution is 2.08. The molecular weight excluding hydrogens is 262 g/mol. The van der Waals surface area contributed by atoms with E-state index in [2.05, 4.69) is 27.8 Å². The van der Waals surface area contributed by atoms with Gasteiger partial charge in [-0.15, -0.1) is 0 Å². The molecular formula is C14H26NO3S+. The van der Waals surface area contributed by atoms with E-state index >= 15 is 0 Å². The topological polar surface area (TPSA) is 54.4 Å². The van der Waals surface area contributed by atoms with Gasteiger partial charge in [-0.2, -0.15) is 8.42 Å². The number of hydrogen-bond donors (Lipinski definition) is 1. The summed E-state index contributed by atoms with van der Waals surface area (Å²) in [6.07, 6.45) is 0. The maximum Gasteiger partial charge on any atom is 0.294 e. The van der Waals surface area contributed by atoms with Crippen LogP contribution in [0.4, 0.5) is 0 Å². The van der Waals surface area contributed by atoms with Crippen LogP contribution >= 0.6 is 0 Å². The lowest BCUT2D eigenvalue weighted by Crippen LogP contribution is -2.42. The molecule has 0 aromatic heterocycles. The average Bonchev–Trinajstić information content (AvgIpc) is 2.38. The van der Waals surface area contributed by atoms with E-state index in [1.54, 1.807) is 12.1 Å². The van der Waals surface area contributed by atoms with Gasteiger partial charge in [0, 0.05) is 0 Å². The van der Waals surface area contributed by atoms with Crippen molar-refractivity contribution in [2.75, 3.05) is 26.7 Å². The van der Waals surface area contributed by atoms with Crippen LogP contribution in [0.25, 0.3) is 0 Å². The Morgan fingerprint density at radius 1 is 1.00 bits per heavy atom. The van der Waals surface area contributed by atoms with Gasteiger partial charge in [-0.1, -0.05) is 17.7 Å². The quantitative estimate of drug-likeness (QED) is 0.684. The van der Waals surface area contributed by atoms with Crippen LogP contribution < -0.4 is 0 Å². The van der Waals surface area contributed by atoms with E-state index in [0.29, 0.717) is 0 Å². The van der Waals surface area contributed by atoms with Crippen LogP contribution in [-0.4, -0.2) is 44.1 Å². The summed E-state index contributed by atoms with van der Waals surface area (Å²) >= 11 is 0. The number of benzene rings is 1. The third-order valence-electron chi connectivity index (χ3n) is 3.61. The summed E-state index contributed by atoms with van der Waals surface area (Å²) in [5, 5.41) is 0. The first-order valence-corrected chi connectivity index (χ1v) is 8.00. The third kappa shape index (κ3) is 6.71. The first-order chi connectivity index (χ1) is 8.68. The highest BCUT2D eigenvalue weighted by molar-refractivity contribution is 7.85. The Hall–Kier alpha value is -0.910. The summed E-state index contributed by atoms with van der Waals surface area (Å²) in [7, 11) is -1.73. The van der Waals surface area contributed by atoms with Crippen molar-refractivity contribution in [2.45, 2.75) is 32.6 Å². The van der Waals surface area contributed by atoms with Crippen molar-refractivity contribution >= 4 is 10.1 Å². The largest absolute Gasteiger partial charge is 0.327 e. The Kier molecular flexibility index (Phi) is 7.26. The first kappa shape index (κ1) is 18.1. The molecule has 0 aliphatic rings. The van der Waals surface area contributed by atoms with Crippen LogP contribution in [0.1, 0.15) is 26.3 Å². The lowest BCUT2D eigenvalue weighted by atomic mass is 10.2. The molecule has 110 valence electrons. The minimum Gasteiger partial charge on any atom is -0.327 e. The Bertz CT molecular complexity index is 454. The standard InChI is InChI=1S/C7H18N.C7H8O3S/c1-5-8(4,6-2)7-3;1-6-2-4-7(5-3-6)11(8,9)10/h5-7H2,1-4H3;2-5H,1H3,(H,8,9,10)/q+1;. The molecule has 5 heteroatoms. The van der Waals surface area contributed by atoms with Gasteiger partial charge in [0.05, 0.1) is 31.6 Å². The minimum atomic E-state index is -4.02. The molecule has 0 saturated carbocycles. The molecule has 0 aliphatic heterocycles. The third-order valence-corrected chi connectivity index (χ3v) is 4.48. The molecule has 0 aliphatic carbocycles. The van der Waals surface area contributed by atoms with E-state index < -0.39 is 10.1 Å². The number of hydrogen-bond acceptors (Lipinski definition) is 2. The molecule has 19 heavy (non-hydrogen) atoms. The second-order valence-corrected chi connectivity index (χ2v) is 6.28. The van der Waals surface area contributed by atoms with E-state index in [-0.39, 0.29) is 4.90 Å². The van der Waals surface area contributed by atoms with Crippen LogP contribution in [0.3, 0.4) is 0 Å². The smallest absolute Gasteiger partial charge is 0.294 e. The SMILES string of the molecule is CC[N+](C)(CC)CC.Cc1ccc(S(=O)(=O)O)cc1. The molecule has 0 amide bonds. The van der Waals surface area contributed by atoms with Crippen LogP contribution in [0.15, 0.2) is 29.2 Å². The van der Waals surface area contributed by atoms with E-state index in [0.717, 1.165) is 5.56 Å². The van der Waals surface area contributed by atoms with Crippen molar-refractivity contribution in [1.82, 2.24) is 0 Å². The van der Waals surface area contributed by atoms with Crippen molar-refractivity contribution in [3.05, 3.63) is 29.8 Å². The van der Waals surface area contributed by atoms with Crippen LogP contribution in [0.2, 0.25) is 0 Å². The fourth-order valence-corrected chi connectivity index (χ4v) is 1.86. The zero-order chi connectivity index (χ0) is 15.1. The highest BCUT2D eigenvalue weighted by Gasteiger charge is 2.10. The van der Waals surface area contributed by atoms with Gasteiger partial charge in [-0.25, -0.2) is 0 Å². The average molecular weight is 288 g/mol. The lowest BCUT2D eigenvalue weighted by Gasteiger charge is -2.30. The Labute approximate surface area is 117 Å². The molecule has 0 atom stereocenters. The van der Waals surface area contributed by atoms with E-state index in [4.69, 9.17) is 4.55 Å². The van der Waals surface area contributed by atoms with Gasteiger partial charge in [0.2, 0.25) is 0 Å². The molecule has 1 rings (SSSR count). The molecule has 1 aromatic carbocycles. The molecule has 0 radical (unpaired) electrons. The molecule has 0 spiro atoms. The Morgan fingerprint density at radius 3 is 1.58 bits per heavy atom. The van der Waals surface area contributed by atoms with Crippen molar-refractivity contribution < 1.29 is 17.5 Å². The number of nitrogens with zero attached hydrogens (tertiary/aromatic N) is 1. The highest BCUT2D eigenvalue weighted by atomic mass is 32.2. The van der Waals surface area contributed by atoms with Gasteiger partial charge in [0.15, 0.2) is 0 Å². The zero-order valence-electron chi connectivity index (χ0n) is 12.5. The van der Waals surface area contributed by atoms with Crippen molar-refractivity contribution in [3.8, 4) is 0 Å². The lowest BCUT2D eigenvalue weighted by molar-refractivity contribution is -0.904. The molecule has 0 bridgehead atoms. The van der Waals surface area contributed by atoms with Gasteiger partial charge in [0.1, 0.15) is 0 Å². The summed E-state index contributed by atoms with van der Waals surface area (Å²) in [6.45, 7) is 12.3. The second kappa shape index (κ2) is 7.62. The molecule has 0 unspecified atom stereocenters.